The lowest BCUT2D eigenvalue weighted by Gasteiger charge is -2.11. The number of aryl methyl sites for hydroxylation is 1. The quantitative estimate of drug-likeness (QED) is 0.816. The van der Waals surface area contributed by atoms with Gasteiger partial charge in [-0.05, 0) is 24.6 Å². The second-order valence-corrected chi connectivity index (χ2v) is 5.26. The number of nitrogens with two attached hydrogens (primary N) is 1. The van der Waals surface area contributed by atoms with Gasteiger partial charge in [0.1, 0.15) is 17.4 Å². The largest absolute Gasteiger partial charge is 0.492 e. The van der Waals surface area contributed by atoms with E-state index in [1.54, 1.807) is 0 Å². The van der Waals surface area contributed by atoms with Crippen LogP contribution in [0.15, 0.2) is 12.1 Å². The molecular weight excluding hydrogens is 248 g/mol. The van der Waals surface area contributed by atoms with E-state index in [4.69, 9.17) is 10.5 Å². The number of rotatable bonds is 1. The molecule has 18 heavy (non-hydrogen) atoms. The molecule has 0 atom stereocenters. The number of anilines is 1. The van der Waals surface area contributed by atoms with Crippen LogP contribution in [0.4, 0.5) is 5.13 Å². The molecular formula is C12H14N4OS. The fourth-order valence-electron chi connectivity index (χ4n) is 2.11. The molecule has 0 spiro atoms. The molecule has 0 saturated carbocycles. The van der Waals surface area contributed by atoms with Gasteiger partial charge in [0.15, 0.2) is 0 Å². The third-order valence-electron chi connectivity index (χ3n) is 2.88. The van der Waals surface area contributed by atoms with E-state index in [0.29, 0.717) is 11.7 Å². The van der Waals surface area contributed by atoms with Crippen molar-refractivity contribution < 1.29 is 4.74 Å². The first-order valence-corrected chi connectivity index (χ1v) is 6.62. The van der Waals surface area contributed by atoms with Gasteiger partial charge in [0.05, 0.1) is 0 Å². The fraction of sp³-hybridized carbons (Fsp3) is 0.333. The number of ether oxygens (including phenoxy) is 1. The van der Waals surface area contributed by atoms with E-state index in [1.807, 2.05) is 0 Å². The average molecular weight is 262 g/mol. The minimum Gasteiger partial charge on any atom is -0.492 e. The first-order chi connectivity index (χ1) is 8.74. The number of aromatic nitrogens is 2. The third kappa shape index (κ3) is 2.04. The van der Waals surface area contributed by atoms with Gasteiger partial charge in [0, 0.05) is 24.2 Å². The van der Waals surface area contributed by atoms with Crippen molar-refractivity contribution in [3.63, 3.8) is 0 Å². The van der Waals surface area contributed by atoms with Crippen molar-refractivity contribution in [2.75, 3.05) is 18.9 Å². The molecule has 0 fully saturated rings. The average Bonchev–Trinajstić information content (AvgIpc) is 2.63. The van der Waals surface area contributed by atoms with Gasteiger partial charge in [0.25, 0.3) is 0 Å². The van der Waals surface area contributed by atoms with Crippen LogP contribution in [0.5, 0.6) is 5.75 Å². The van der Waals surface area contributed by atoms with Crippen LogP contribution >= 0.6 is 11.3 Å². The lowest BCUT2D eigenvalue weighted by molar-refractivity contribution is 0.323. The van der Waals surface area contributed by atoms with E-state index >= 15 is 0 Å². The number of nitrogen functional groups attached to an aromatic ring is 1. The molecule has 0 bridgehead atoms. The van der Waals surface area contributed by atoms with E-state index in [1.165, 1.54) is 11.3 Å². The summed E-state index contributed by atoms with van der Waals surface area (Å²) in [6.07, 6.45) is 0. The molecule has 1 aromatic carbocycles. The molecule has 0 radical (unpaired) electrons. The molecule has 2 aromatic rings. The molecule has 0 saturated heterocycles. The van der Waals surface area contributed by atoms with Gasteiger partial charge in [-0.15, -0.1) is 10.2 Å². The number of hydrogen-bond acceptors (Lipinski definition) is 6. The normalized spacial score (nSPS) is 14.7. The number of fused-ring (bicyclic) bond motifs is 1. The smallest absolute Gasteiger partial charge is 0.203 e. The number of nitrogens with zero attached hydrogens (tertiary/aromatic N) is 2. The molecule has 1 aliphatic heterocycles. The summed E-state index contributed by atoms with van der Waals surface area (Å²) >= 11 is 1.40. The predicted molar refractivity (Wildman–Crippen MR) is 71.7 cm³/mol. The van der Waals surface area contributed by atoms with Gasteiger partial charge in [-0.25, -0.2) is 0 Å². The summed E-state index contributed by atoms with van der Waals surface area (Å²) in [7, 11) is 0. The summed E-state index contributed by atoms with van der Waals surface area (Å²) in [4.78, 5) is 0. The van der Waals surface area contributed by atoms with Crippen molar-refractivity contribution in [1.29, 1.82) is 0 Å². The SMILES string of the molecule is Cc1cc(-c2nnc(N)s2)cc2c1OCCNC2. The molecule has 94 valence electrons. The van der Waals surface area contributed by atoms with E-state index in [0.717, 1.165) is 40.5 Å². The summed E-state index contributed by atoms with van der Waals surface area (Å²) < 4.78 is 5.76. The Morgan fingerprint density at radius 3 is 3.06 bits per heavy atom. The summed E-state index contributed by atoms with van der Waals surface area (Å²) in [5.74, 6) is 0.987. The Balaban J connectivity index is 2.07. The molecule has 3 rings (SSSR count). The van der Waals surface area contributed by atoms with Gasteiger partial charge >= 0.3 is 0 Å². The highest BCUT2D eigenvalue weighted by atomic mass is 32.1. The Kier molecular flexibility index (Phi) is 2.89. The minimum atomic E-state index is 0.493. The standard InChI is InChI=1S/C12H14N4OS/c1-7-4-8(11-15-16-12(13)18-11)5-9-6-14-2-3-17-10(7)9/h4-5,14H,2-3,6H2,1H3,(H2,13,16). The lowest BCUT2D eigenvalue weighted by atomic mass is 10.0. The van der Waals surface area contributed by atoms with Gasteiger partial charge in [-0.1, -0.05) is 11.3 Å². The van der Waals surface area contributed by atoms with E-state index in [2.05, 4.69) is 34.6 Å². The summed E-state index contributed by atoms with van der Waals surface area (Å²) in [6.45, 7) is 4.45. The zero-order valence-corrected chi connectivity index (χ0v) is 10.9. The van der Waals surface area contributed by atoms with Crippen LogP contribution in [-0.2, 0) is 6.54 Å². The molecule has 2 heterocycles. The van der Waals surface area contributed by atoms with E-state index in [-0.39, 0.29) is 0 Å². The second kappa shape index (κ2) is 4.55. The minimum absolute atomic E-state index is 0.493. The maximum Gasteiger partial charge on any atom is 0.203 e. The molecule has 1 aliphatic rings. The van der Waals surface area contributed by atoms with Gasteiger partial charge in [0.2, 0.25) is 5.13 Å². The maximum absolute atomic E-state index is 5.76. The molecule has 0 aliphatic carbocycles. The van der Waals surface area contributed by atoms with Gasteiger partial charge in [-0.2, -0.15) is 0 Å². The van der Waals surface area contributed by atoms with Crippen molar-refractivity contribution in [2.24, 2.45) is 0 Å². The second-order valence-electron chi connectivity index (χ2n) is 4.25. The van der Waals surface area contributed by atoms with Crippen LogP contribution in [0.3, 0.4) is 0 Å². The Morgan fingerprint density at radius 1 is 1.39 bits per heavy atom. The van der Waals surface area contributed by atoms with Crippen LogP contribution in [0, 0.1) is 6.92 Å². The van der Waals surface area contributed by atoms with Crippen LogP contribution in [0.25, 0.3) is 10.6 Å². The van der Waals surface area contributed by atoms with Gasteiger partial charge < -0.3 is 15.8 Å². The summed E-state index contributed by atoms with van der Waals surface area (Å²) in [5.41, 5.74) is 8.96. The van der Waals surface area contributed by atoms with E-state index < -0.39 is 0 Å². The highest BCUT2D eigenvalue weighted by Gasteiger charge is 2.15. The van der Waals surface area contributed by atoms with Crippen LogP contribution in [-0.4, -0.2) is 23.3 Å². The Labute approximate surface area is 109 Å². The van der Waals surface area contributed by atoms with Crippen molar-refractivity contribution >= 4 is 16.5 Å². The first-order valence-electron chi connectivity index (χ1n) is 5.80. The first kappa shape index (κ1) is 11.4. The van der Waals surface area contributed by atoms with Crippen molar-refractivity contribution in [3.8, 4) is 16.3 Å². The van der Waals surface area contributed by atoms with Crippen LogP contribution < -0.4 is 15.8 Å². The summed E-state index contributed by atoms with van der Waals surface area (Å²) in [5, 5.41) is 12.6. The molecule has 5 nitrogen and oxygen atoms in total. The number of hydrogen-bond donors (Lipinski definition) is 2. The van der Waals surface area contributed by atoms with Crippen molar-refractivity contribution in [1.82, 2.24) is 15.5 Å². The monoisotopic (exact) mass is 262 g/mol. The van der Waals surface area contributed by atoms with Crippen molar-refractivity contribution in [2.45, 2.75) is 13.5 Å². The Morgan fingerprint density at radius 2 is 2.28 bits per heavy atom. The predicted octanol–water partition coefficient (Wildman–Crippen LogP) is 1.58. The zero-order chi connectivity index (χ0) is 12.5. The van der Waals surface area contributed by atoms with E-state index in [9.17, 15) is 0 Å². The molecule has 6 heteroatoms. The fourth-order valence-corrected chi connectivity index (χ4v) is 2.70. The highest BCUT2D eigenvalue weighted by Crippen LogP contribution is 2.33. The van der Waals surface area contributed by atoms with Crippen LogP contribution in [0.2, 0.25) is 0 Å². The lowest BCUT2D eigenvalue weighted by Crippen LogP contribution is -2.16. The van der Waals surface area contributed by atoms with Crippen LogP contribution in [0.1, 0.15) is 11.1 Å². The van der Waals surface area contributed by atoms with Crippen molar-refractivity contribution in [3.05, 3.63) is 23.3 Å². The summed E-state index contributed by atoms with van der Waals surface area (Å²) in [6, 6.07) is 4.17. The topological polar surface area (TPSA) is 73.1 Å². The Hall–Kier alpha value is -1.66. The highest BCUT2D eigenvalue weighted by molar-refractivity contribution is 7.18. The third-order valence-corrected chi connectivity index (χ3v) is 3.68. The Bertz CT molecular complexity index is 581. The number of benzene rings is 1. The molecule has 0 amide bonds. The number of nitrogens with one attached hydrogen (secondary N) is 1. The zero-order valence-electron chi connectivity index (χ0n) is 10.1. The van der Waals surface area contributed by atoms with Gasteiger partial charge in [-0.3, -0.25) is 0 Å². The maximum atomic E-state index is 5.76. The molecule has 3 N–H and O–H groups in total. The molecule has 1 aromatic heterocycles. The molecule has 0 unspecified atom stereocenters.